The van der Waals surface area contributed by atoms with E-state index in [2.05, 4.69) is 22.5 Å². The van der Waals surface area contributed by atoms with Crippen LogP contribution >= 0.6 is 24.0 Å². The number of halogens is 1. The molecule has 0 radical (unpaired) electrons. The van der Waals surface area contributed by atoms with Gasteiger partial charge >= 0.3 is 0 Å². The molecule has 1 aromatic rings. The van der Waals surface area contributed by atoms with E-state index < -0.39 is 0 Å². The normalized spacial score (nSPS) is 20.2. The highest BCUT2D eigenvalue weighted by molar-refractivity contribution is 14.0. The lowest BCUT2D eigenvalue weighted by Gasteiger charge is -2.12. The standard InChI is InChI=1S/C15H23N3O2.HI/c1-11-9-14(11)18-15(16-2)17-7-8-20-13-6-4-5-12(10-13)19-3;/h4-6,10-11,14H,7-9H2,1-3H3,(H2,16,17,18);1H. The molecule has 1 saturated carbocycles. The van der Waals surface area contributed by atoms with E-state index in [0.29, 0.717) is 19.2 Å². The molecule has 1 fully saturated rings. The van der Waals surface area contributed by atoms with E-state index in [1.165, 1.54) is 6.42 Å². The second-order valence-corrected chi connectivity index (χ2v) is 4.99. The molecule has 0 aromatic heterocycles. The number of guanidine groups is 1. The van der Waals surface area contributed by atoms with Gasteiger partial charge in [-0.15, -0.1) is 24.0 Å². The molecule has 118 valence electrons. The quantitative estimate of drug-likeness (QED) is 0.330. The monoisotopic (exact) mass is 405 g/mol. The summed E-state index contributed by atoms with van der Waals surface area (Å²) in [7, 11) is 3.43. The maximum atomic E-state index is 5.66. The summed E-state index contributed by atoms with van der Waals surface area (Å²) in [6.07, 6.45) is 1.22. The van der Waals surface area contributed by atoms with Crippen molar-refractivity contribution < 1.29 is 9.47 Å². The Morgan fingerprint density at radius 3 is 2.71 bits per heavy atom. The molecule has 0 spiro atoms. The lowest BCUT2D eigenvalue weighted by Crippen LogP contribution is -2.40. The number of nitrogens with zero attached hydrogens (tertiary/aromatic N) is 1. The molecule has 0 heterocycles. The van der Waals surface area contributed by atoms with E-state index >= 15 is 0 Å². The first-order valence-electron chi connectivity index (χ1n) is 6.97. The zero-order chi connectivity index (χ0) is 14.4. The van der Waals surface area contributed by atoms with Crippen LogP contribution in [0.1, 0.15) is 13.3 Å². The molecule has 2 atom stereocenters. The summed E-state index contributed by atoms with van der Waals surface area (Å²) in [5.74, 6) is 3.20. The van der Waals surface area contributed by atoms with Gasteiger partial charge in [0, 0.05) is 19.2 Å². The zero-order valence-corrected chi connectivity index (χ0v) is 15.1. The summed E-state index contributed by atoms with van der Waals surface area (Å²) < 4.78 is 10.8. The largest absolute Gasteiger partial charge is 0.497 e. The van der Waals surface area contributed by atoms with E-state index in [1.807, 2.05) is 24.3 Å². The van der Waals surface area contributed by atoms with Crippen LogP contribution in [0.3, 0.4) is 0 Å². The molecule has 5 nitrogen and oxygen atoms in total. The molecular formula is C15H24IN3O2. The van der Waals surface area contributed by atoms with Crippen molar-refractivity contribution in [2.24, 2.45) is 10.9 Å². The first-order valence-corrected chi connectivity index (χ1v) is 6.97. The highest BCUT2D eigenvalue weighted by Crippen LogP contribution is 2.28. The fourth-order valence-corrected chi connectivity index (χ4v) is 1.92. The van der Waals surface area contributed by atoms with Gasteiger partial charge in [0.05, 0.1) is 13.7 Å². The van der Waals surface area contributed by atoms with Crippen LogP contribution in [-0.2, 0) is 0 Å². The Labute approximate surface area is 143 Å². The number of benzene rings is 1. The van der Waals surface area contributed by atoms with Gasteiger partial charge in [0.15, 0.2) is 5.96 Å². The van der Waals surface area contributed by atoms with Gasteiger partial charge in [0.25, 0.3) is 0 Å². The van der Waals surface area contributed by atoms with Crippen molar-refractivity contribution in [3.05, 3.63) is 24.3 Å². The molecule has 0 amide bonds. The number of aliphatic imine (C=N–C) groups is 1. The SMILES string of the molecule is CN=C(NCCOc1cccc(OC)c1)NC1CC1C.I. The first kappa shape index (κ1) is 17.9. The number of methoxy groups -OCH3 is 1. The summed E-state index contributed by atoms with van der Waals surface area (Å²) in [6, 6.07) is 8.17. The maximum Gasteiger partial charge on any atom is 0.191 e. The van der Waals surface area contributed by atoms with Crippen molar-refractivity contribution in [1.29, 1.82) is 0 Å². The average Bonchev–Trinajstić information content (AvgIpc) is 3.17. The lowest BCUT2D eigenvalue weighted by molar-refractivity contribution is 0.319. The molecule has 6 heteroatoms. The Morgan fingerprint density at radius 1 is 1.38 bits per heavy atom. The van der Waals surface area contributed by atoms with Crippen molar-refractivity contribution in [3.63, 3.8) is 0 Å². The van der Waals surface area contributed by atoms with Gasteiger partial charge in [-0.05, 0) is 24.5 Å². The van der Waals surface area contributed by atoms with Crippen LogP contribution in [0.15, 0.2) is 29.3 Å². The van der Waals surface area contributed by atoms with Gasteiger partial charge in [-0.1, -0.05) is 13.0 Å². The van der Waals surface area contributed by atoms with Crippen molar-refractivity contribution in [2.75, 3.05) is 27.3 Å². The Kier molecular flexibility index (Phi) is 7.63. The fourth-order valence-electron chi connectivity index (χ4n) is 1.92. The Balaban J connectivity index is 0.00000220. The van der Waals surface area contributed by atoms with Gasteiger partial charge in [-0.3, -0.25) is 4.99 Å². The third-order valence-corrected chi connectivity index (χ3v) is 3.36. The van der Waals surface area contributed by atoms with Gasteiger partial charge in [0.1, 0.15) is 18.1 Å². The molecule has 0 aliphatic heterocycles. The van der Waals surface area contributed by atoms with E-state index in [0.717, 1.165) is 23.4 Å². The minimum absolute atomic E-state index is 0. The molecule has 2 N–H and O–H groups in total. The Bertz CT molecular complexity index is 468. The number of hydrogen-bond donors (Lipinski definition) is 2. The highest BCUT2D eigenvalue weighted by Gasteiger charge is 2.33. The molecule has 1 aliphatic carbocycles. The fraction of sp³-hybridized carbons (Fsp3) is 0.533. The minimum atomic E-state index is 0. The van der Waals surface area contributed by atoms with E-state index in [1.54, 1.807) is 14.2 Å². The zero-order valence-electron chi connectivity index (χ0n) is 12.8. The van der Waals surface area contributed by atoms with E-state index in [4.69, 9.17) is 9.47 Å². The third kappa shape index (κ3) is 5.99. The minimum Gasteiger partial charge on any atom is -0.497 e. The number of nitrogens with one attached hydrogen (secondary N) is 2. The molecule has 2 unspecified atom stereocenters. The van der Waals surface area contributed by atoms with Crippen molar-refractivity contribution in [2.45, 2.75) is 19.4 Å². The smallest absolute Gasteiger partial charge is 0.191 e. The maximum absolute atomic E-state index is 5.66. The van der Waals surface area contributed by atoms with Crippen LogP contribution in [0, 0.1) is 5.92 Å². The van der Waals surface area contributed by atoms with Gasteiger partial charge in [-0.25, -0.2) is 0 Å². The van der Waals surface area contributed by atoms with Gasteiger partial charge in [-0.2, -0.15) is 0 Å². The molecule has 0 saturated heterocycles. The predicted molar refractivity (Wildman–Crippen MR) is 96.0 cm³/mol. The predicted octanol–water partition coefficient (Wildman–Crippen LogP) is 2.27. The second kappa shape index (κ2) is 8.96. The highest BCUT2D eigenvalue weighted by atomic mass is 127. The number of ether oxygens (including phenoxy) is 2. The molecular weight excluding hydrogens is 381 g/mol. The number of hydrogen-bond acceptors (Lipinski definition) is 3. The summed E-state index contributed by atoms with van der Waals surface area (Å²) in [6.45, 7) is 3.52. The molecule has 1 aromatic carbocycles. The van der Waals surface area contributed by atoms with Crippen LogP contribution in [0.4, 0.5) is 0 Å². The molecule has 1 aliphatic rings. The van der Waals surface area contributed by atoms with Crippen LogP contribution in [-0.4, -0.2) is 39.3 Å². The van der Waals surface area contributed by atoms with Crippen LogP contribution < -0.4 is 20.1 Å². The summed E-state index contributed by atoms with van der Waals surface area (Å²) in [5.41, 5.74) is 0. The van der Waals surface area contributed by atoms with Crippen molar-refractivity contribution in [3.8, 4) is 11.5 Å². The van der Waals surface area contributed by atoms with Crippen molar-refractivity contribution in [1.82, 2.24) is 10.6 Å². The summed E-state index contributed by atoms with van der Waals surface area (Å²) in [4.78, 5) is 4.19. The lowest BCUT2D eigenvalue weighted by atomic mass is 10.3. The molecule has 21 heavy (non-hydrogen) atoms. The number of rotatable bonds is 6. The van der Waals surface area contributed by atoms with E-state index in [9.17, 15) is 0 Å². The summed E-state index contributed by atoms with van der Waals surface area (Å²) >= 11 is 0. The van der Waals surface area contributed by atoms with Crippen LogP contribution in [0.25, 0.3) is 0 Å². The van der Waals surface area contributed by atoms with E-state index in [-0.39, 0.29) is 24.0 Å². The van der Waals surface area contributed by atoms with Gasteiger partial charge in [0.2, 0.25) is 0 Å². The average molecular weight is 405 g/mol. The van der Waals surface area contributed by atoms with Gasteiger partial charge < -0.3 is 20.1 Å². The Hall–Kier alpha value is -1.18. The summed E-state index contributed by atoms with van der Waals surface area (Å²) in [5, 5.41) is 6.61. The third-order valence-electron chi connectivity index (χ3n) is 3.36. The van der Waals surface area contributed by atoms with Crippen molar-refractivity contribution >= 4 is 29.9 Å². The second-order valence-electron chi connectivity index (χ2n) is 4.99. The van der Waals surface area contributed by atoms with Crippen LogP contribution in [0.2, 0.25) is 0 Å². The topological polar surface area (TPSA) is 54.9 Å². The molecule has 0 bridgehead atoms. The first-order chi connectivity index (χ1) is 9.72. The Morgan fingerprint density at radius 2 is 2.10 bits per heavy atom. The molecule has 2 rings (SSSR count). The van der Waals surface area contributed by atoms with Crippen LogP contribution in [0.5, 0.6) is 11.5 Å².